The fraction of sp³-hybridized carbons (Fsp3) is 0.241. The van der Waals surface area contributed by atoms with Gasteiger partial charge in [-0.05, 0) is 63.0 Å². The molecule has 4 heterocycles. The number of hydrogen-bond donors (Lipinski definition) is 2. The number of likely N-dealkylation sites (tertiary alicyclic amines) is 1. The number of carbonyl (C=O) groups excluding carboxylic acids is 3. The Morgan fingerprint density at radius 2 is 1.85 bits per heavy atom. The average Bonchev–Trinajstić information content (AvgIpc) is 3.56. The molecule has 1 atom stereocenters. The van der Waals surface area contributed by atoms with Crippen LogP contribution in [0.5, 0.6) is 11.5 Å². The van der Waals surface area contributed by atoms with E-state index < -0.39 is 0 Å². The van der Waals surface area contributed by atoms with Gasteiger partial charge in [-0.15, -0.1) is 11.3 Å². The molecule has 2 N–H and O–H groups in total. The number of urea groups is 1. The molecule has 10 nitrogen and oxygen atoms in total. The average molecular weight is 557 g/mol. The normalized spacial score (nSPS) is 16.4. The Balaban J connectivity index is 1.23. The van der Waals surface area contributed by atoms with Crippen molar-refractivity contribution in [3.63, 3.8) is 0 Å². The maximum absolute atomic E-state index is 13.4. The molecule has 2 aromatic carbocycles. The maximum atomic E-state index is 13.4. The van der Waals surface area contributed by atoms with E-state index in [1.54, 1.807) is 22.1 Å². The van der Waals surface area contributed by atoms with Crippen LogP contribution in [0.2, 0.25) is 0 Å². The zero-order valence-electron chi connectivity index (χ0n) is 22.1. The van der Waals surface area contributed by atoms with E-state index in [4.69, 9.17) is 4.74 Å². The summed E-state index contributed by atoms with van der Waals surface area (Å²) in [7, 11) is 3.71. The lowest BCUT2D eigenvalue weighted by molar-refractivity contribution is -0.130. The van der Waals surface area contributed by atoms with E-state index in [-0.39, 0.29) is 23.9 Å². The van der Waals surface area contributed by atoms with Crippen LogP contribution in [-0.2, 0) is 4.79 Å². The Hall–Kier alpha value is -4.48. The van der Waals surface area contributed by atoms with Gasteiger partial charge in [0.1, 0.15) is 21.2 Å². The third-order valence-corrected chi connectivity index (χ3v) is 7.95. The highest BCUT2D eigenvalue weighted by Crippen LogP contribution is 2.45. The second kappa shape index (κ2) is 10.6. The Morgan fingerprint density at radius 3 is 2.60 bits per heavy atom. The second-order valence-corrected chi connectivity index (χ2v) is 11.0. The molecular weight excluding hydrogens is 528 g/mol. The number of aromatic nitrogens is 1. The topological polar surface area (TPSA) is 107 Å². The van der Waals surface area contributed by atoms with E-state index in [1.807, 2.05) is 73.6 Å². The first kappa shape index (κ1) is 25.8. The van der Waals surface area contributed by atoms with Crippen molar-refractivity contribution in [1.82, 2.24) is 20.1 Å². The largest absolute Gasteiger partial charge is 0.457 e. The van der Waals surface area contributed by atoms with Gasteiger partial charge in [-0.2, -0.15) is 0 Å². The van der Waals surface area contributed by atoms with Gasteiger partial charge in [0.05, 0.1) is 29.0 Å². The predicted molar refractivity (Wildman–Crippen MR) is 155 cm³/mol. The van der Waals surface area contributed by atoms with Gasteiger partial charge in [0.25, 0.3) is 5.91 Å². The van der Waals surface area contributed by atoms with E-state index in [9.17, 15) is 14.4 Å². The maximum Gasteiger partial charge on any atom is 0.331 e. The highest BCUT2D eigenvalue weighted by molar-refractivity contribution is 7.21. The number of amides is 4. The van der Waals surface area contributed by atoms with E-state index in [2.05, 4.69) is 15.6 Å². The Labute approximate surface area is 235 Å². The van der Waals surface area contributed by atoms with Crippen LogP contribution in [0.3, 0.4) is 0 Å². The number of para-hydroxylation sites is 1. The van der Waals surface area contributed by atoms with Crippen molar-refractivity contribution in [1.29, 1.82) is 0 Å². The van der Waals surface area contributed by atoms with Crippen LogP contribution < -0.4 is 20.3 Å². The summed E-state index contributed by atoms with van der Waals surface area (Å²) in [5, 5.41) is 6.70. The standard InChI is InChI=1S/C29H28N6O4S/c1-33(2)17-23(36)34-15-13-18(16-34)31-27(37)26-25-24-22(12-14-30-28(24)40-26)35(29(38)32-25)19-8-10-21(11-9-19)39-20-6-4-3-5-7-20/h3-12,14,18H,13,15-17H2,1-2H3,(H,31,37)(H,32,38)/t18-/m1/s1. The van der Waals surface area contributed by atoms with Crippen LogP contribution in [0.25, 0.3) is 10.2 Å². The van der Waals surface area contributed by atoms with Crippen LogP contribution in [-0.4, -0.2) is 72.4 Å². The number of thiophene rings is 1. The van der Waals surface area contributed by atoms with Crippen molar-refractivity contribution in [3.8, 4) is 11.5 Å². The quantitative estimate of drug-likeness (QED) is 0.343. The molecule has 1 saturated heterocycles. The summed E-state index contributed by atoms with van der Waals surface area (Å²) in [5.41, 5.74) is 1.77. The first-order valence-electron chi connectivity index (χ1n) is 13.0. The Kier molecular flexibility index (Phi) is 6.82. The summed E-state index contributed by atoms with van der Waals surface area (Å²) >= 11 is 1.24. The minimum atomic E-state index is -0.370. The number of nitrogens with zero attached hydrogens (tertiary/aromatic N) is 4. The summed E-state index contributed by atoms with van der Waals surface area (Å²) in [5.74, 6) is 1.13. The highest BCUT2D eigenvalue weighted by atomic mass is 32.1. The zero-order valence-corrected chi connectivity index (χ0v) is 22.9. The number of nitrogens with one attached hydrogen (secondary N) is 2. The number of ether oxygens (including phenoxy) is 1. The molecule has 4 aromatic rings. The van der Waals surface area contributed by atoms with Crippen molar-refractivity contribution in [2.24, 2.45) is 0 Å². The van der Waals surface area contributed by atoms with Gasteiger partial charge < -0.3 is 25.2 Å². The van der Waals surface area contributed by atoms with E-state index in [0.29, 0.717) is 58.6 Å². The van der Waals surface area contributed by atoms with Crippen LogP contribution in [0.1, 0.15) is 16.1 Å². The van der Waals surface area contributed by atoms with Gasteiger partial charge in [-0.1, -0.05) is 18.2 Å². The van der Waals surface area contributed by atoms with Crippen LogP contribution >= 0.6 is 11.3 Å². The lowest BCUT2D eigenvalue weighted by atomic mass is 10.1. The van der Waals surface area contributed by atoms with Crippen molar-refractivity contribution >= 4 is 56.5 Å². The van der Waals surface area contributed by atoms with Crippen LogP contribution in [0.4, 0.5) is 21.9 Å². The second-order valence-electron chi connectivity index (χ2n) is 10.0. The molecule has 0 spiro atoms. The lowest BCUT2D eigenvalue weighted by Gasteiger charge is -2.28. The monoisotopic (exact) mass is 556 g/mol. The molecule has 0 saturated carbocycles. The fourth-order valence-corrected chi connectivity index (χ4v) is 6.04. The third-order valence-electron chi connectivity index (χ3n) is 6.85. The minimum Gasteiger partial charge on any atom is -0.457 e. The van der Waals surface area contributed by atoms with Crippen molar-refractivity contribution < 1.29 is 19.1 Å². The number of carbonyl (C=O) groups is 3. The first-order valence-corrected chi connectivity index (χ1v) is 13.8. The van der Waals surface area contributed by atoms with Gasteiger partial charge in [0.2, 0.25) is 5.91 Å². The first-order chi connectivity index (χ1) is 19.4. The van der Waals surface area contributed by atoms with Crippen LogP contribution in [0.15, 0.2) is 66.9 Å². The summed E-state index contributed by atoms with van der Waals surface area (Å²) in [4.78, 5) is 49.9. The minimum absolute atomic E-state index is 0.0413. The SMILES string of the molecule is CN(C)CC(=O)N1CC[C@@H](NC(=O)c2sc3nccc4c3c2NC(=O)N4c2ccc(Oc3ccccc3)cc2)C1. The molecule has 0 radical (unpaired) electrons. The molecule has 2 aliphatic heterocycles. The molecule has 0 bridgehead atoms. The summed E-state index contributed by atoms with van der Waals surface area (Å²) in [6, 6.07) is 18.0. The molecule has 0 aliphatic carbocycles. The van der Waals surface area contributed by atoms with Crippen molar-refractivity contribution in [2.75, 3.05) is 43.9 Å². The number of benzene rings is 2. The number of hydrogen-bond acceptors (Lipinski definition) is 7. The van der Waals surface area contributed by atoms with E-state index in [0.717, 1.165) is 11.1 Å². The Morgan fingerprint density at radius 1 is 1.10 bits per heavy atom. The third kappa shape index (κ3) is 4.96. The van der Waals surface area contributed by atoms with E-state index >= 15 is 0 Å². The number of pyridine rings is 1. The van der Waals surface area contributed by atoms with Crippen LogP contribution in [0, 0.1) is 0 Å². The summed E-state index contributed by atoms with van der Waals surface area (Å²) in [6.07, 6.45) is 2.32. The lowest BCUT2D eigenvalue weighted by Crippen LogP contribution is -2.41. The smallest absolute Gasteiger partial charge is 0.331 e. The number of anilines is 3. The molecule has 1 fully saturated rings. The van der Waals surface area contributed by atoms with Gasteiger partial charge in [-0.25, -0.2) is 9.78 Å². The molecule has 40 heavy (non-hydrogen) atoms. The summed E-state index contributed by atoms with van der Waals surface area (Å²) < 4.78 is 5.89. The van der Waals surface area contributed by atoms with Gasteiger partial charge in [0.15, 0.2) is 0 Å². The molecule has 11 heteroatoms. The molecule has 6 rings (SSSR count). The van der Waals surface area contributed by atoms with Crippen molar-refractivity contribution in [3.05, 3.63) is 71.7 Å². The molecule has 2 aromatic heterocycles. The van der Waals surface area contributed by atoms with Gasteiger partial charge in [0, 0.05) is 25.3 Å². The Bertz CT molecular complexity index is 1590. The highest BCUT2D eigenvalue weighted by Gasteiger charge is 2.34. The molecule has 204 valence electrons. The molecule has 4 amide bonds. The molecular formula is C29H28N6O4S. The molecule has 2 aliphatic rings. The zero-order chi connectivity index (χ0) is 27.8. The number of rotatable bonds is 7. The predicted octanol–water partition coefficient (Wildman–Crippen LogP) is 4.66. The molecule has 0 unspecified atom stereocenters. The summed E-state index contributed by atoms with van der Waals surface area (Å²) in [6.45, 7) is 1.40. The number of likely N-dealkylation sites (N-methyl/N-ethyl adjacent to an activating group) is 1. The van der Waals surface area contributed by atoms with E-state index in [1.165, 1.54) is 11.3 Å². The van der Waals surface area contributed by atoms with Gasteiger partial charge in [-0.3, -0.25) is 14.5 Å². The van der Waals surface area contributed by atoms with Crippen molar-refractivity contribution in [2.45, 2.75) is 12.5 Å². The fourth-order valence-electron chi connectivity index (χ4n) is 5.01. The van der Waals surface area contributed by atoms with Gasteiger partial charge >= 0.3 is 6.03 Å².